The van der Waals surface area contributed by atoms with E-state index < -0.39 is 5.97 Å². The zero-order valence-corrected chi connectivity index (χ0v) is 9.02. The lowest BCUT2D eigenvalue weighted by atomic mass is 10.1. The summed E-state index contributed by atoms with van der Waals surface area (Å²) in [5.74, 6) is -0.732. The second-order valence-corrected chi connectivity index (χ2v) is 3.57. The summed E-state index contributed by atoms with van der Waals surface area (Å²) < 4.78 is 1.83. The average Bonchev–Trinajstić information content (AvgIpc) is 2.61. The highest BCUT2D eigenvalue weighted by Gasteiger charge is 2.01. The van der Waals surface area contributed by atoms with Crippen molar-refractivity contribution in [3.8, 4) is 0 Å². The second kappa shape index (κ2) is 6.16. The Labute approximate surface area is 89.1 Å². The molecule has 0 atom stereocenters. The lowest BCUT2D eigenvalue weighted by molar-refractivity contribution is -0.137. The molecule has 0 saturated heterocycles. The summed E-state index contributed by atoms with van der Waals surface area (Å²) in [5, 5.41) is 16.4. The summed E-state index contributed by atoms with van der Waals surface area (Å²) in [6.45, 7) is 2.98. The molecule has 84 valence electrons. The van der Waals surface area contributed by atoms with Crippen molar-refractivity contribution in [1.82, 2.24) is 15.0 Å². The molecule has 1 N–H and O–H groups in total. The lowest BCUT2D eigenvalue weighted by Crippen LogP contribution is -1.96. The third kappa shape index (κ3) is 4.58. The SMILES string of the molecule is CCCn1cc(CCCCC(=O)O)nn1. The van der Waals surface area contributed by atoms with Crippen LogP contribution >= 0.6 is 0 Å². The Balaban J connectivity index is 2.22. The van der Waals surface area contributed by atoms with Crippen molar-refractivity contribution < 1.29 is 9.90 Å². The monoisotopic (exact) mass is 211 g/mol. The Morgan fingerprint density at radius 1 is 1.53 bits per heavy atom. The van der Waals surface area contributed by atoms with Crippen molar-refractivity contribution in [2.24, 2.45) is 0 Å². The van der Waals surface area contributed by atoms with Crippen molar-refractivity contribution in [3.05, 3.63) is 11.9 Å². The van der Waals surface area contributed by atoms with E-state index >= 15 is 0 Å². The number of hydrogen-bond donors (Lipinski definition) is 1. The molecule has 5 heteroatoms. The normalized spacial score (nSPS) is 10.5. The summed E-state index contributed by atoms with van der Waals surface area (Å²) in [5.41, 5.74) is 0.953. The quantitative estimate of drug-likeness (QED) is 0.694. The number of nitrogens with zero attached hydrogens (tertiary/aromatic N) is 3. The highest BCUT2D eigenvalue weighted by atomic mass is 16.4. The van der Waals surface area contributed by atoms with E-state index in [9.17, 15) is 4.79 Å². The van der Waals surface area contributed by atoms with Gasteiger partial charge in [0.2, 0.25) is 0 Å². The van der Waals surface area contributed by atoms with E-state index in [1.807, 2.05) is 10.9 Å². The summed E-state index contributed by atoms with van der Waals surface area (Å²) >= 11 is 0. The van der Waals surface area contributed by atoms with Crippen molar-refractivity contribution in [2.45, 2.75) is 45.6 Å². The van der Waals surface area contributed by atoms with E-state index in [-0.39, 0.29) is 6.42 Å². The molecule has 0 bridgehead atoms. The van der Waals surface area contributed by atoms with Gasteiger partial charge >= 0.3 is 5.97 Å². The highest BCUT2D eigenvalue weighted by molar-refractivity contribution is 5.66. The van der Waals surface area contributed by atoms with Crippen LogP contribution in [0.4, 0.5) is 0 Å². The maximum atomic E-state index is 10.3. The standard InChI is InChI=1S/C10H17N3O2/c1-2-7-13-8-9(11-12-13)5-3-4-6-10(14)15/h8H,2-7H2,1H3,(H,14,15). The molecule has 0 aromatic carbocycles. The molecular weight excluding hydrogens is 194 g/mol. The van der Waals surface area contributed by atoms with Gasteiger partial charge in [-0.15, -0.1) is 5.10 Å². The fraction of sp³-hybridized carbons (Fsp3) is 0.700. The minimum Gasteiger partial charge on any atom is -0.481 e. The molecule has 0 saturated carbocycles. The van der Waals surface area contributed by atoms with E-state index in [4.69, 9.17) is 5.11 Å². The molecule has 0 aliphatic carbocycles. The van der Waals surface area contributed by atoms with E-state index in [0.29, 0.717) is 6.42 Å². The van der Waals surface area contributed by atoms with Crippen LogP contribution < -0.4 is 0 Å². The summed E-state index contributed by atoms with van der Waals surface area (Å²) in [6, 6.07) is 0. The van der Waals surface area contributed by atoms with Crippen molar-refractivity contribution in [2.75, 3.05) is 0 Å². The van der Waals surface area contributed by atoms with Crippen LogP contribution in [-0.2, 0) is 17.8 Å². The summed E-state index contributed by atoms with van der Waals surface area (Å²) in [4.78, 5) is 10.3. The molecule has 5 nitrogen and oxygen atoms in total. The predicted octanol–water partition coefficient (Wildman–Crippen LogP) is 1.49. The Morgan fingerprint density at radius 2 is 2.33 bits per heavy atom. The molecule has 1 rings (SSSR count). The van der Waals surface area contributed by atoms with Gasteiger partial charge in [0, 0.05) is 19.2 Å². The van der Waals surface area contributed by atoms with Crippen LogP contribution in [0.15, 0.2) is 6.20 Å². The topological polar surface area (TPSA) is 68.0 Å². The number of unbranched alkanes of at least 4 members (excludes halogenated alkanes) is 1. The van der Waals surface area contributed by atoms with E-state index in [0.717, 1.165) is 31.5 Å². The van der Waals surface area contributed by atoms with Crippen molar-refractivity contribution in [1.29, 1.82) is 0 Å². The van der Waals surface area contributed by atoms with Crippen molar-refractivity contribution in [3.63, 3.8) is 0 Å². The number of rotatable bonds is 7. The summed E-state index contributed by atoms with van der Waals surface area (Å²) in [7, 11) is 0. The van der Waals surface area contributed by atoms with Gasteiger partial charge in [0.1, 0.15) is 0 Å². The first-order chi connectivity index (χ1) is 7.22. The van der Waals surface area contributed by atoms with E-state index in [1.165, 1.54) is 0 Å². The van der Waals surface area contributed by atoms with Gasteiger partial charge in [-0.2, -0.15) is 0 Å². The van der Waals surface area contributed by atoms with Gasteiger partial charge in [-0.05, 0) is 25.7 Å². The second-order valence-electron chi connectivity index (χ2n) is 3.57. The zero-order chi connectivity index (χ0) is 11.1. The number of carboxylic acids is 1. The van der Waals surface area contributed by atoms with Crippen LogP contribution in [-0.4, -0.2) is 26.1 Å². The van der Waals surface area contributed by atoms with E-state index in [2.05, 4.69) is 17.2 Å². The minimum atomic E-state index is -0.732. The molecule has 0 radical (unpaired) electrons. The molecular formula is C10H17N3O2. The Hall–Kier alpha value is -1.39. The van der Waals surface area contributed by atoms with Gasteiger partial charge in [0.15, 0.2) is 0 Å². The fourth-order valence-corrected chi connectivity index (χ4v) is 1.37. The first-order valence-corrected chi connectivity index (χ1v) is 5.33. The molecule has 0 spiro atoms. The van der Waals surface area contributed by atoms with Gasteiger partial charge in [0.05, 0.1) is 5.69 Å². The predicted molar refractivity (Wildman–Crippen MR) is 55.5 cm³/mol. The Morgan fingerprint density at radius 3 is 3.00 bits per heavy atom. The van der Waals surface area contributed by atoms with Crippen LogP contribution in [0.3, 0.4) is 0 Å². The highest BCUT2D eigenvalue weighted by Crippen LogP contribution is 2.03. The number of carboxylic acid groups (broad SMARTS) is 1. The number of aromatic nitrogens is 3. The number of aliphatic carboxylic acids is 1. The maximum Gasteiger partial charge on any atom is 0.303 e. The third-order valence-corrected chi connectivity index (χ3v) is 2.11. The lowest BCUT2D eigenvalue weighted by Gasteiger charge is -1.95. The summed E-state index contributed by atoms with van der Waals surface area (Å²) in [6.07, 6.45) is 5.60. The van der Waals surface area contributed by atoms with Crippen LogP contribution in [0.25, 0.3) is 0 Å². The third-order valence-electron chi connectivity index (χ3n) is 2.11. The first kappa shape index (κ1) is 11.7. The molecule has 1 aromatic heterocycles. The van der Waals surface area contributed by atoms with Crippen LogP contribution in [0.1, 0.15) is 38.3 Å². The van der Waals surface area contributed by atoms with Gasteiger partial charge in [-0.25, -0.2) is 0 Å². The van der Waals surface area contributed by atoms with Gasteiger partial charge < -0.3 is 5.11 Å². The average molecular weight is 211 g/mol. The molecule has 1 aromatic rings. The molecule has 0 aliphatic heterocycles. The number of aryl methyl sites for hydroxylation is 2. The molecule has 0 fully saturated rings. The fourth-order valence-electron chi connectivity index (χ4n) is 1.37. The first-order valence-electron chi connectivity index (χ1n) is 5.33. The Kier molecular flexibility index (Phi) is 4.80. The maximum absolute atomic E-state index is 10.3. The largest absolute Gasteiger partial charge is 0.481 e. The molecule has 0 amide bonds. The number of hydrogen-bond acceptors (Lipinski definition) is 3. The minimum absolute atomic E-state index is 0.239. The molecule has 0 unspecified atom stereocenters. The van der Waals surface area contributed by atoms with Gasteiger partial charge in [-0.1, -0.05) is 12.1 Å². The van der Waals surface area contributed by atoms with Crippen LogP contribution in [0.5, 0.6) is 0 Å². The molecule has 1 heterocycles. The van der Waals surface area contributed by atoms with Crippen molar-refractivity contribution >= 4 is 5.97 Å². The Bertz CT molecular complexity index is 309. The number of carbonyl (C=O) groups is 1. The van der Waals surface area contributed by atoms with Crippen LogP contribution in [0.2, 0.25) is 0 Å². The van der Waals surface area contributed by atoms with Gasteiger partial charge in [-0.3, -0.25) is 9.48 Å². The zero-order valence-electron chi connectivity index (χ0n) is 9.02. The molecule has 0 aliphatic rings. The smallest absolute Gasteiger partial charge is 0.303 e. The van der Waals surface area contributed by atoms with Crippen LogP contribution in [0, 0.1) is 0 Å². The molecule has 15 heavy (non-hydrogen) atoms. The van der Waals surface area contributed by atoms with Gasteiger partial charge in [0.25, 0.3) is 0 Å². The van der Waals surface area contributed by atoms with E-state index in [1.54, 1.807) is 0 Å².